The van der Waals surface area contributed by atoms with Crippen molar-refractivity contribution < 1.29 is 13.5 Å². The third-order valence-electron chi connectivity index (χ3n) is 2.65. The Balaban J connectivity index is 3.63. The van der Waals surface area contributed by atoms with Gasteiger partial charge in [-0.15, -0.1) is 0 Å². The van der Waals surface area contributed by atoms with Crippen molar-refractivity contribution in [2.75, 3.05) is 7.11 Å². The van der Waals surface area contributed by atoms with Gasteiger partial charge in [-0.25, -0.2) is 0 Å². The van der Waals surface area contributed by atoms with Crippen molar-refractivity contribution in [2.24, 2.45) is 0 Å². The minimum absolute atomic E-state index is 0.101. The molecule has 0 heterocycles. The van der Waals surface area contributed by atoms with E-state index in [1.807, 2.05) is 6.92 Å². The summed E-state index contributed by atoms with van der Waals surface area (Å²) in [5.74, 6) is -3.42. The first-order valence-electron chi connectivity index (χ1n) is 4.79. The highest BCUT2D eigenvalue weighted by atomic mass is 19.3. The van der Waals surface area contributed by atoms with Crippen LogP contribution in [0.25, 0.3) is 0 Å². The minimum atomic E-state index is -3.52. The molecule has 2 nitrogen and oxygen atoms in total. The molecule has 0 unspecified atom stereocenters. The van der Waals surface area contributed by atoms with E-state index < -0.39 is 5.92 Å². The van der Waals surface area contributed by atoms with Crippen molar-refractivity contribution >= 4 is 0 Å². The largest absolute Gasteiger partial charge is 0.496 e. The quantitative estimate of drug-likeness (QED) is 0.774. The van der Waals surface area contributed by atoms with E-state index in [9.17, 15) is 8.78 Å². The summed E-state index contributed by atoms with van der Waals surface area (Å²) in [6.07, 6.45) is 0. The highest BCUT2D eigenvalue weighted by molar-refractivity contribution is 5.53. The van der Waals surface area contributed by atoms with Gasteiger partial charge in [-0.2, -0.15) is 14.0 Å². The first kappa shape index (κ1) is 12.4. The molecule has 0 fully saturated rings. The number of nitriles is 1. The number of aryl methyl sites for hydroxylation is 2. The first-order chi connectivity index (χ1) is 7.35. The Kier molecular flexibility index (Phi) is 3.18. The lowest BCUT2D eigenvalue weighted by molar-refractivity contribution is 0.0575. The van der Waals surface area contributed by atoms with Gasteiger partial charge in [0.2, 0.25) is 0 Å². The van der Waals surface area contributed by atoms with Crippen molar-refractivity contribution in [3.8, 4) is 11.8 Å². The van der Waals surface area contributed by atoms with Gasteiger partial charge in [0.15, 0.2) is 0 Å². The standard InChI is InChI=1S/C12H13F2NO/c1-7-5-8(2)10(12(13,14)6-15)11(16-4)9(7)3/h5H,1-4H3. The molecule has 1 aromatic rings. The highest BCUT2D eigenvalue weighted by Gasteiger charge is 2.37. The molecule has 1 rings (SSSR count). The van der Waals surface area contributed by atoms with Crippen LogP contribution in [0.5, 0.6) is 5.75 Å². The normalized spacial score (nSPS) is 11.1. The Bertz CT molecular complexity index is 461. The van der Waals surface area contributed by atoms with E-state index in [1.54, 1.807) is 19.9 Å². The number of benzene rings is 1. The van der Waals surface area contributed by atoms with Crippen LogP contribution in [-0.4, -0.2) is 7.11 Å². The van der Waals surface area contributed by atoms with Gasteiger partial charge >= 0.3 is 5.92 Å². The number of hydrogen-bond acceptors (Lipinski definition) is 2. The molecule has 0 aromatic heterocycles. The van der Waals surface area contributed by atoms with Crippen molar-refractivity contribution in [3.05, 3.63) is 28.3 Å². The molecule has 0 saturated heterocycles. The van der Waals surface area contributed by atoms with E-state index in [4.69, 9.17) is 10.00 Å². The molecule has 0 aliphatic carbocycles. The molecule has 16 heavy (non-hydrogen) atoms. The maximum absolute atomic E-state index is 13.5. The smallest absolute Gasteiger partial charge is 0.361 e. The number of halogens is 2. The maximum Gasteiger partial charge on any atom is 0.361 e. The molecule has 0 aliphatic rings. The molecule has 0 bridgehead atoms. The van der Waals surface area contributed by atoms with Gasteiger partial charge in [-0.3, -0.25) is 0 Å². The van der Waals surface area contributed by atoms with E-state index in [-0.39, 0.29) is 11.3 Å². The Hall–Kier alpha value is -1.63. The third-order valence-corrected chi connectivity index (χ3v) is 2.65. The molecule has 0 radical (unpaired) electrons. The summed E-state index contributed by atoms with van der Waals surface area (Å²) in [5.41, 5.74) is 1.54. The Morgan fingerprint density at radius 2 is 1.81 bits per heavy atom. The number of ether oxygens (including phenoxy) is 1. The van der Waals surface area contributed by atoms with Crippen LogP contribution in [0, 0.1) is 32.1 Å². The summed E-state index contributed by atoms with van der Waals surface area (Å²) in [7, 11) is 1.33. The van der Waals surface area contributed by atoms with Crippen LogP contribution < -0.4 is 4.74 Å². The van der Waals surface area contributed by atoms with Crippen molar-refractivity contribution in [3.63, 3.8) is 0 Å². The van der Waals surface area contributed by atoms with Crippen LogP contribution >= 0.6 is 0 Å². The number of rotatable bonds is 2. The number of hydrogen-bond donors (Lipinski definition) is 0. The molecule has 0 saturated carbocycles. The molecular formula is C12H13F2NO. The van der Waals surface area contributed by atoms with Crippen molar-refractivity contribution in [2.45, 2.75) is 26.7 Å². The van der Waals surface area contributed by atoms with Crippen LogP contribution in [0.4, 0.5) is 8.78 Å². The van der Waals surface area contributed by atoms with E-state index in [0.29, 0.717) is 11.1 Å². The monoisotopic (exact) mass is 225 g/mol. The van der Waals surface area contributed by atoms with Crippen LogP contribution in [0.1, 0.15) is 22.3 Å². The lowest BCUT2D eigenvalue weighted by Gasteiger charge is -2.19. The molecular weight excluding hydrogens is 212 g/mol. The predicted octanol–water partition coefficient (Wildman–Crippen LogP) is 3.24. The Labute approximate surface area is 93.5 Å². The second-order valence-corrected chi connectivity index (χ2v) is 3.73. The molecule has 86 valence electrons. The fourth-order valence-electron chi connectivity index (χ4n) is 1.75. The minimum Gasteiger partial charge on any atom is -0.496 e. The van der Waals surface area contributed by atoms with Crippen LogP contribution in [0.2, 0.25) is 0 Å². The second-order valence-electron chi connectivity index (χ2n) is 3.73. The Morgan fingerprint density at radius 1 is 1.25 bits per heavy atom. The highest BCUT2D eigenvalue weighted by Crippen LogP contribution is 2.40. The molecule has 0 aliphatic heterocycles. The van der Waals surface area contributed by atoms with Crippen molar-refractivity contribution in [1.29, 1.82) is 5.26 Å². The number of methoxy groups -OCH3 is 1. The molecule has 4 heteroatoms. The average molecular weight is 225 g/mol. The SMILES string of the molecule is COc1c(C)c(C)cc(C)c1C(F)(F)C#N. The molecule has 0 amide bonds. The number of alkyl halides is 2. The maximum atomic E-state index is 13.5. The lowest BCUT2D eigenvalue weighted by Crippen LogP contribution is -2.15. The van der Waals surface area contributed by atoms with Gasteiger partial charge in [-0.05, 0) is 37.5 Å². The van der Waals surface area contributed by atoms with Gasteiger partial charge in [0.25, 0.3) is 0 Å². The summed E-state index contributed by atoms with van der Waals surface area (Å²) in [6, 6.07) is 2.64. The summed E-state index contributed by atoms with van der Waals surface area (Å²) in [5, 5.41) is 8.50. The van der Waals surface area contributed by atoms with Gasteiger partial charge in [0, 0.05) is 0 Å². The topological polar surface area (TPSA) is 33.0 Å². The van der Waals surface area contributed by atoms with E-state index >= 15 is 0 Å². The lowest BCUT2D eigenvalue weighted by atomic mass is 9.95. The molecule has 0 atom stereocenters. The van der Waals surface area contributed by atoms with Gasteiger partial charge < -0.3 is 4.74 Å². The summed E-state index contributed by atoms with van der Waals surface area (Å²) in [6.45, 7) is 5.07. The van der Waals surface area contributed by atoms with Gasteiger partial charge in [0.1, 0.15) is 11.8 Å². The second kappa shape index (κ2) is 4.09. The van der Waals surface area contributed by atoms with Crippen LogP contribution in [0.15, 0.2) is 6.07 Å². The van der Waals surface area contributed by atoms with Gasteiger partial charge in [-0.1, -0.05) is 6.07 Å². The fraction of sp³-hybridized carbons (Fsp3) is 0.417. The summed E-state index contributed by atoms with van der Waals surface area (Å²) < 4.78 is 31.9. The Morgan fingerprint density at radius 3 is 2.25 bits per heavy atom. The van der Waals surface area contributed by atoms with Gasteiger partial charge in [0.05, 0.1) is 12.7 Å². The van der Waals surface area contributed by atoms with Crippen LogP contribution in [-0.2, 0) is 5.92 Å². The zero-order valence-electron chi connectivity index (χ0n) is 9.69. The molecule has 0 N–H and O–H groups in total. The fourth-order valence-corrected chi connectivity index (χ4v) is 1.75. The van der Waals surface area contributed by atoms with E-state index in [1.165, 1.54) is 7.11 Å². The van der Waals surface area contributed by atoms with E-state index in [0.717, 1.165) is 11.6 Å². The summed E-state index contributed by atoms with van der Waals surface area (Å²) in [4.78, 5) is 0. The first-order valence-corrected chi connectivity index (χ1v) is 4.79. The summed E-state index contributed by atoms with van der Waals surface area (Å²) >= 11 is 0. The van der Waals surface area contributed by atoms with Crippen molar-refractivity contribution in [1.82, 2.24) is 0 Å². The zero-order valence-corrected chi connectivity index (χ0v) is 9.69. The average Bonchev–Trinajstić information content (AvgIpc) is 2.22. The predicted molar refractivity (Wildman–Crippen MR) is 56.7 cm³/mol. The zero-order chi connectivity index (χ0) is 12.5. The molecule has 0 spiro atoms. The van der Waals surface area contributed by atoms with Crippen LogP contribution in [0.3, 0.4) is 0 Å². The third kappa shape index (κ3) is 1.85. The van der Waals surface area contributed by atoms with E-state index in [2.05, 4.69) is 0 Å². The molecule has 1 aromatic carbocycles. The number of nitrogens with zero attached hydrogens (tertiary/aromatic N) is 1.